The maximum Gasteiger partial charge on any atom is 0.145 e. The molecule has 96 valence electrons. The van der Waals surface area contributed by atoms with E-state index in [2.05, 4.69) is 0 Å². The van der Waals surface area contributed by atoms with Crippen molar-refractivity contribution in [3.63, 3.8) is 0 Å². The molecule has 3 N–H and O–H groups in total. The molecule has 17 heavy (non-hydrogen) atoms. The highest BCUT2D eigenvalue weighted by Crippen LogP contribution is 2.29. The Morgan fingerprint density at radius 1 is 1.18 bits per heavy atom. The van der Waals surface area contributed by atoms with Gasteiger partial charge < -0.3 is 25.1 Å². The van der Waals surface area contributed by atoms with Crippen molar-refractivity contribution < 1.29 is 19.3 Å². The van der Waals surface area contributed by atoms with Crippen molar-refractivity contribution in [1.29, 1.82) is 0 Å². The second-order valence-corrected chi connectivity index (χ2v) is 3.50. The standard InChI is InChI=1S/C12H19NO4/c1-15-8-9-16-6-3-7-17-11-5-2-4-10(14)12(11)13/h2,4-5,14H,3,6-9,13H2,1H3. The third-order valence-corrected chi connectivity index (χ3v) is 2.17. The molecule has 0 bridgehead atoms. The van der Waals surface area contributed by atoms with Gasteiger partial charge in [0.05, 0.1) is 19.8 Å². The maximum atomic E-state index is 9.36. The van der Waals surface area contributed by atoms with Crippen molar-refractivity contribution in [2.75, 3.05) is 39.3 Å². The number of para-hydroxylation sites is 1. The van der Waals surface area contributed by atoms with Crippen LogP contribution in [0.2, 0.25) is 0 Å². The smallest absolute Gasteiger partial charge is 0.145 e. The van der Waals surface area contributed by atoms with Crippen molar-refractivity contribution in [2.24, 2.45) is 0 Å². The number of hydrogen-bond acceptors (Lipinski definition) is 5. The van der Waals surface area contributed by atoms with Crippen LogP contribution in [0, 0.1) is 0 Å². The van der Waals surface area contributed by atoms with E-state index in [1.807, 2.05) is 0 Å². The summed E-state index contributed by atoms with van der Waals surface area (Å²) in [5, 5.41) is 9.36. The first-order chi connectivity index (χ1) is 8.25. The van der Waals surface area contributed by atoms with Gasteiger partial charge in [0, 0.05) is 20.1 Å². The number of benzene rings is 1. The molecule has 0 aromatic heterocycles. The molecule has 0 radical (unpaired) electrons. The summed E-state index contributed by atoms with van der Waals surface area (Å²) in [7, 11) is 1.64. The number of nitrogen functional groups attached to an aromatic ring is 1. The predicted molar refractivity (Wildman–Crippen MR) is 65.3 cm³/mol. The Hall–Kier alpha value is -1.46. The van der Waals surface area contributed by atoms with Gasteiger partial charge in [-0.25, -0.2) is 0 Å². The number of anilines is 1. The molecule has 0 aliphatic carbocycles. The van der Waals surface area contributed by atoms with Crippen LogP contribution in [0.15, 0.2) is 18.2 Å². The van der Waals surface area contributed by atoms with Crippen LogP contribution in [0.5, 0.6) is 11.5 Å². The molecule has 0 saturated heterocycles. The van der Waals surface area contributed by atoms with Gasteiger partial charge in [0.25, 0.3) is 0 Å². The fraction of sp³-hybridized carbons (Fsp3) is 0.500. The van der Waals surface area contributed by atoms with Crippen molar-refractivity contribution >= 4 is 5.69 Å². The lowest BCUT2D eigenvalue weighted by molar-refractivity contribution is 0.0645. The Bertz CT molecular complexity index is 330. The van der Waals surface area contributed by atoms with E-state index in [1.165, 1.54) is 6.07 Å². The molecule has 0 amide bonds. The molecule has 5 heteroatoms. The van der Waals surface area contributed by atoms with E-state index in [4.69, 9.17) is 19.9 Å². The first-order valence-corrected chi connectivity index (χ1v) is 5.52. The predicted octanol–water partition coefficient (Wildman–Crippen LogP) is 1.41. The van der Waals surface area contributed by atoms with Gasteiger partial charge in [0.15, 0.2) is 0 Å². The van der Waals surface area contributed by atoms with Gasteiger partial charge >= 0.3 is 0 Å². The van der Waals surface area contributed by atoms with E-state index in [9.17, 15) is 5.11 Å². The van der Waals surface area contributed by atoms with Crippen LogP contribution in [-0.2, 0) is 9.47 Å². The van der Waals surface area contributed by atoms with E-state index in [0.717, 1.165) is 6.42 Å². The highest BCUT2D eigenvalue weighted by atomic mass is 16.5. The molecule has 0 unspecified atom stereocenters. The third kappa shape index (κ3) is 4.93. The minimum absolute atomic E-state index is 0.0406. The molecule has 0 saturated carbocycles. The summed E-state index contributed by atoms with van der Waals surface area (Å²) in [5.74, 6) is 0.542. The summed E-state index contributed by atoms with van der Waals surface area (Å²) < 4.78 is 15.6. The van der Waals surface area contributed by atoms with Crippen LogP contribution in [-0.4, -0.2) is 38.6 Å². The Kier molecular flexibility index (Phi) is 6.21. The summed E-state index contributed by atoms with van der Waals surface area (Å²) in [6, 6.07) is 4.94. The fourth-order valence-electron chi connectivity index (χ4n) is 1.25. The average molecular weight is 241 g/mol. The summed E-state index contributed by atoms with van der Waals surface area (Å²) in [6.07, 6.45) is 0.763. The lowest BCUT2D eigenvalue weighted by Crippen LogP contribution is -2.07. The first kappa shape index (κ1) is 13.6. The minimum Gasteiger partial charge on any atom is -0.506 e. The topological polar surface area (TPSA) is 73.9 Å². The molecule has 1 rings (SSSR count). The quantitative estimate of drug-likeness (QED) is 0.409. The molecular weight excluding hydrogens is 222 g/mol. The molecule has 0 aliphatic heterocycles. The molecule has 0 spiro atoms. The van der Waals surface area contributed by atoms with Crippen LogP contribution in [0.4, 0.5) is 5.69 Å². The SMILES string of the molecule is COCCOCCCOc1cccc(O)c1N. The van der Waals surface area contributed by atoms with Gasteiger partial charge in [-0.2, -0.15) is 0 Å². The number of nitrogens with two attached hydrogens (primary N) is 1. The number of phenolic OH excluding ortho intramolecular Hbond substituents is 1. The maximum absolute atomic E-state index is 9.36. The summed E-state index contributed by atoms with van der Waals surface area (Å²) in [4.78, 5) is 0. The van der Waals surface area contributed by atoms with Gasteiger partial charge in [0.1, 0.15) is 17.2 Å². The largest absolute Gasteiger partial charge is 0.506 e. The number of methoxy groups -OCH3 is 1. The monoisotopic (exact) mass is 241 g/mol. The molecule has 0 heterocycles. The van der Waals surface area contributed by atoms with E-state index in [-0.39, 0.29) is 11.4 Å². The normalized spacial score (nSPS) is 10.4. The number of hydrogen-bond donors (Lipinski definition) is 2. The van der Waals surface area contributed by atoms with E-state index >= 15 is 0 Å². The van der Waals surface area contributed by atoms with Gasteiger partial charge in [-0.1, -0.05) is 6.07 Å². The summed E-state index contributed by atoms with van der Waals surface area (Å²) in [5.41, 5.74) is 5.91. The Balaban J connectivity index is 2.16. The van der Waals surface area contributed by atoms with Crippen molar-refractivity contribution in [2.45, 2.75) is 6.42 Å². The summed E-state index contributed by atoms with van der Waals surface area (Å²) in [6.45, 7) is 2.30. The molecule has 0 aliphatic rings. The zero-order chi connectivity index (χ0) is 12.5. The molecular formula is C12H19NO4. The van der Waals surface area contributed by atoms with Crippen LogP contribution in [0.3, 0.4) is 0 Å². The molecule has 0 atom stereocenters. The molecule has 1 aromatic rings. The average Bonchev–Trinajstić information content (AvgIpc) is 2.33. The zero-order valence-electron chi connectivity index (χ0n) is 10.0. The van der Waals surface area contributed by atoms with Crippen LogP contribution in [0.25, 0.3) is 0 Å². The minimum atomic E-state index is 0.0406. The molecule has 5 nitrogen and oxygen atoms in total. The lowest BCUT2D eigenvalue weighted by Gasteiger charge is -2.09. The molecule has 1 aromatic carbocycles. The van der Waals surface area contributed by atoms with Gasteiger partial charge in [0.2, 0.25) is 0 Å². The van der Waals surface area contributed by atoms with Crippen molar-refractivity contribution in [3.05, 3.63) is 18.2 Å². The highest BCUT2D eigenvalue weighted by Gasteiger charge is 2.03. The zero-order valence-corrected chi connectivity index (χ0v) is 10.0. The fourth-order valence-corrected chi connectivity index (χ4v) is 1.25. The van der Waals surface area contributed by atoms with Crippen molar-refractivity contribution in [3.8, 4) is 11.5 Å². The Morgan fingerprint density at radius 3 is 2.76 bits per heavy atom. The first-order valence-electron chi connectivity index (χ1n) is 5.52. The van der Waals surface area contributed by atoms with E-state index < -0.39 is 0 Å². The Labute approximate surface area is 101 Å². The van der Waals surface area contributed by atoms with E-state index in [1.54, 1.807) is 19.2 Å². The van der Waals surface area contributed by atoms with Gasteiger partial charge in [-0.05, 0) is 12.1 Å². The second-order valence-electron chi connectivity index (χ2n) is 3.50. The van der Waals surface area contributed by atoms with Gasteiger partial charge in [-0.3, -0.25) is 0 Å². The number of aromatic hydroxyl groups is 1. The Morgan fingerprint density at radius 2 is 2.00 bits per heavy atom. The summed E-state index contributed by atoms with van der Waals surface area (Å²) >= 11 is 0. The number of rotatable bonds is 8. The van der Waals surface area contributed by atoms with Crippen LogP contribution < -0.4 is 10.5 Å². The van der Waals surface area contributed by atoms with Gasteiger partial charge in [-0.15, -0.1) is 0 Å². The van der Waals surface area contributed by atoms with E-state index in [0.29, 0.717) is 32.2 Å². The van der Waals surface area contributed by atoms with Crippen molar-refractivity contribution in [1.82, 2.24) is 0 Å². The third-order valence-electron chi connectivity index (χ3n) is 2.17. The highest BCUT2D eigenvalue weighted by molar-refractivity contribution is 5.61. The lowest BCUT2D eigenvalue weighted by atomic mass is 10.3. The second kappa shape index (κ2) is 7.76. The number of ether oxygens (including phenoxy) is 3. The van der Waals surface area contributed by atoms with Crippen LogP contribution in [0.1, 0.15) is 6.42 Å². The molecule has 0 fully saturated rings. The number of phenols is 1. The van der Waals surface area contributed by atoms with Crippen LogP contribution >= 0.6 is 0 Å².